The van der Waals surface area contributed by atoms with Gasteiger partial charge in [-0.05, 0) is 60.7 Å². The van der Waals surface area contributed by atoms with E-state index < -0.39 is 0 Å². The molecule has 2 aromatic rings. The van der Waals surface area contributed by atoms with E-state index in [2.05, 4.69) is 0 Å². The molecule has 0 atom stereocenters. The maximum atomic E-state index is 13.0. The highest BCUT2D eigenvalue weighted by Crippen LogP contribution is 2.21. The van der Waals surface area contributed by atoms with Crippen molar-refractivity contribution in [1.29, 1.82) is 0 Å². The summed E-state index contributed by atoms with van der Waals surface area (Å²) in [5, 5.41) is 0. The molecule has 2 amide bonds. The number of amides is 2. The SMILES string of the molecule is O=C(Cc1ccc(F)cc1)N1CCC(COc2ccc(C(=O)N3CCOCC3)cc2)CC1. The number of ether oxygens (including phenoxy) is 2. The standard InChI is InChI=1S/C25H29FN2O4/c26-22-5-1-19(2-6-22)17-24(29)27-11-9-20(10-12-27)18-32-23-7-3-21(4-8-23)25(30)28-13-15-31-16-14-28/h1-8,20H,9-18H2. The molecule has 0 saturated carbocycles. The van der Waals surface area contributed by atoms with Gasteiger partial charge in [0, 0.05) is 31.7 Å². The van der Waals surface area contributed by atoms with Crippen LogP contribution < -0.4 is 4.74 Å². The molecule has 2 heterocycles. The van der Waals surface area contributed by atoms with Gasteiger partial charge < -0.3 is 19.3 Å². The molecule has 0 radical (unpaired) electrons. The van der Waals surface area contributed by atoms with E-state index in [1.54, 1.807) is 12.1 Å². The highest BCUT2D eigenvalue weighted by molar-refractivity contribution is 5.94. The van der Waals surface area contributed by atoms with Gasteiger partial charge in [0.15, 0.2) is 0 Å². The molecule has 32 heavy (non-hydrogen) atoms. The van der Waals surface area contributed by atoms with Crippen molar-refractivity contribution in [1.82, 2.24) is 9.80 Å². The quantitative estimate of drug-likeness (QED) is 0.693. The molecular weight excluding hydrogens is 411 g/mol. The van der Waals surface area contributed by atoms with E-state index in [1.165, 1.54) is 12.1 Å². The van der Waals surface area contributed by atoms with Crippen LogP contribution in [0.4, 0.5) is 4.39 Å². The second kappa shape index (κ2) is 10.6. The summed E-state index contributed by atoms with van der Waals surface area (Å²) in [6.07, 6.45) is 2.09. The van der Waals surface area contributed by atoms with Crippen LogP contribution in [0, 0.1) is 11.7 Å². The Morgan fingerprint density at radius 2 is 1.56 bits per heavy atom. The smallest absolute Gasteiger partial charge is 0.254 e. The molecule has 2 aliphatic heterocycles. The van der Waals surface area contributed by atoms with Crippen molar-refractivity contribution >= 4 is 11.8 Å². The fourth-order valence-corrected chi connectivity index (χ4v) is 4.09. The van der Waals surface area contributed by atoms with Crippen LogP contribution in [0.5, 0.6) is 5.75 Å². The number of morpholine rings is 1. The molecule has 0 aromatic heterocycles. The van der Waals surface area contributed by atoms with Gasteiger partial charge in [0.2, 0.25) is 5.91 Å². The Hall–Kier alpha value is -2.93. The first kappa shape index (κ1) is 22.3. The van der Waals surface area contributed by atoms with Gasteiger partial charge in [0.25, 0.3) is 5.91 Å². The molecule has 2 saturated heterocycles. The first-order valence-electron chi connectivity index (χ1n) is 11.2. The minimum atomic E-state index is -0.291. The summed E-state index contributed by atoms with van der Waals surface area (Å²) >= 11 is 0. The predicted octanol–water partition coefficient (Wildman–Crippen LogP) is 3.16. The fourth-order valence-electron chi connectivity index (χ4n) is 4.09. The van der Waals surface area contributed by atoms with Crippen LogP contribution in [-0.4, -0.2) is 67.6 Å². The average molecular weight is 441 g/mol. The van der Waals surface area contributed by atoms with Crippen molar-refractivity contribution in [2.75, 3.05) is 46.0 Å². The molecule has 6 nitrogen and oxygen atoms in total. The maximum absolute atomic E-state index is 13.0. The third kappa shape index (κ3) is 5.85. The lowest BCUT2D eigenvalue weighted by Crippen LogP contribution is -2.40. The Kier molecular flexibility index (Phi) is 7.37. The lowest BCUT2D eigenvalue weighted by molar-refractivity contribution is -0.132. The monoisotopic (exact) mass is 440 g/mol. The molecule has 0 unspecified atom stereocenters. The zero-order chi connectivity index (χ0) is 22.3. The number of piperidine rings is 1. The van der Waals surface area contributed by atoms with Crippen molar-refractivity contribution in [2.45, 2.75) is 19.3 Å². The maximum Gasteiger partial charge on any atom is 0.254 e. The van der Waals surface area contributed by atoms with Gasteiger partial charge >= 0.3 is 0 Å². The van der Waals surface area contributed by atoms with E-state index in [-0.39, 0.29) is 17.6 Å². The zero-order valence-corrected chi connectivity index (χ0v) is 18.2. The third-order valence-corrected chi connectivity index (χ3v) is 6.12. The number of carbonyl (C=O) groups excluding carboxylic acids is 2. The fraction of sp³-hybridized carbons (Fsp3) is 0.440. The van der Waals surface area contributed by atoms with E-state index in [9.17, 15) is 14.0 Å². The van der Waals surface area contributed by atoms with Crippen LogP contribution in [0.3, 0.4) is 0 Å². The number of hydrogen-bond acceptors (Lipinski definition) is 4. The Labute approximate surface area is 187 Å². The van der Waals surface area contributed by atoms with Gasteiger partial charge in [-0.2, -0.15) is 0 Å². The van der Waals surface area contributed by atoms with E-state index >= 15 is 0 Å². The van der Waals surface area contributed by atoms with Crippen molar-refractivity contribution in [2.24, 2.45) is 5.92 Å². The molecule has 0 N–H and O–H groups in total. The normalized spacial score (nSPS) is 17.3. The summed E-state index contributed by atoms with van der Waals surface area (Å²) in [6, 6.07) is 13.4. The summed E-state index contributed by atoms with van der Waals surface area (Å²) in [5.74, 6) is 0.951. The zero-order valence-electron chi connectivity index (χ0n) is 18.2. The second-order valence-electron chi connectivity index (χ2n) is 8.37. The number of benzene rings is 2. The first-order valence-corrected chi connectivity index (χ1v) is 11.2. The van der Waals surface area contributed by atoms with Gasteiger partial charge in [-0.25, -0.2) is 4.39 Å². The highest BCUT2D eigenvalue weighted by Gasteiger charge is 2.23. The third-order valence-electron chi connectivity index (χ3n) is 6.12. The second-order valence-corrected chi connectivity index (χ2v) is 8.37. The Morgan fingerprint density at radius 3 is 2.22 bits per heavy atom. The summed E-state index contributed by atoms with van der Waals surface area (Å²) in [4.78, 5) is 28.7. The lowest BCUT2D eigenvalue weighted by Gasteiger charge is -2.32. The molecule has 170 valence electrons. The summed E-state index contributed by atoms with van der Waals surface area (Å²) in [5.41, 5.74) is 1.49. The molecule has 2 fully saturated rings. The summed E-state index contributed by atoms with van der Waals surface area (Å²) in [7, 11) is 0. The van der Waals surface area contributed by atoms with Gasteiger partial charge in [-0.15, -0.1) is 0 Å². The Bertz CT molecular complexity index is 903. The molecule has 0 aliphatic carbocycles. The molecule has 7 heteroatoms. The topological polar surface area (TPSA) is 59.1 Å². The number of rotatable bonds is 6. The molecule has 0 spiro atoms. The predicted molar refractivity (Wildman–Crippen MR) is 118 cm³/mol. The number of carbonyl (C=O) groups is 2. The minimum absolute atomic E-state index is 0.0255. The van der Waals surface area contributed by atoms with E-state index in [0.29, 0.717) is 63.9 Å². The van der Waals surface area contributed by atoms with E-state index in [1.807, 2.05) is 34.1 Å². The molecule has 2 aromatic carbocycles. The lowest BCUT2D eigenvalue weighted by atomic mass is 9.97. The van der Waals surface area contributed by atoms with Crippen LogP contribution in [0.1, 0.15) is 28.8 Å². The number of nitrogens with zero attached hydrogens (tertiary/aromatic N) is 2. The van der Waals surface area contributed by atoms with Gasteiger partial charge in [0.1, 0.15) is 11.6 Å². The molecule has 0 bridgehead atoms. The molecular formula is C25H29FN2O4. The van der Waals surface area contributed by atoms with E-state index in [4.69, 9.17) is 9.47 Å². The van der Waals surface area contributed by atoms with Crippen molar-refractivity contribution in [3.8, 4) is 5.75 Å². The van der Waals surface area contributed by atoms with Gasteiger partial charge in [-0.1, -0.05) is 12.1 Å². The van der Waals surface area contributed by atoms with Crippen LogP contribution in [0.2, 0.25) is 0 Å². The molecule has 4 rings (SSSR count). The summed E-state index contributed by atoms with van der Waals surface area (Å²) in [6.45, 7) is 4.44. The van der Waals surface area contributed by atoms with Gasteiger partial charge in [0.05, 0.1) is 26.2 Å². The largest absolute Gasteiger partial charge is 0.493 e. The Morgan fingerprint density at radius 1 is 0.906 bits per heavy atom. The van der Waals surface area contributed by atoms with E-state index in [0.717, 1.165) is 24.2 Å². The number of halogens is 1. The number of likely N-dealkylation sites (tertiary alicyclic amines) is 1. The molecule has 2 aliphatic rings. The van der Waals surface area contributed by atoms with Crippen LogP contribution in [0.25, 0.3) is 0 Å². The van der Waals surface area contributed by atoms with Crippen molar-refractivity contribution in [3.05, 3.63) is 65.5 Å². The highest BCUT2D eigenvalue weighted by atomic mass is 19.1. The van der Waals surface area contributed by atoms with Crippen molar-refractivity contribution < 1.29 is 23.5 Å². The first-order chi connectivity index (χ1) is 15.6. The van der Waals surface area contributed by atoms with Crippen LogP contribution >= 0.6 is 0 Å². The van der Waals surface area contributed by atoms with Crippen molar-refractivity contribution in [3.63, 3.8) is 0 Å². The summed E-state index contributed by atoms with van der Waals surface area (Å²) < 4.78 is 24.3. The number of hydrogen-bond donors (Lipinski definition) is 0. The minimum Gasteiger partial charge on any atom is -0.493 e. The van der Waals surface area contributed by atoms with Crippen LogP contribution in [0.15, 0.2) is 48.5 Å². The average Bonchev–Trinajstić information content (AvgIpc) is 2.85. The van der Waals surface area contributed by atoms with Gasteiger partial charge in [-0.3, -0.25) is 9.59 Å². The Balaban J connectivity index is 1.19. The van der Waals surface area contributed by atoms with Crippen LogP contribution in [-0.2, 0) is 16.0 Å².